The van der Waals surface area contributed by atoms with E-state index in [9.17, 15) is 14.4 Å². The number of anilines is 1. The van der Waals surface area contributed by atoms with Crippen molar-refractivity contribution < 1.29 is 19.5 Å². The highest BCUT2D eigenvalue weighted by atomic mass is 16.4. The highest BCUT2D eigenvalue weighted by Gasteiger charge is 2.31. The normalized spacial score (nSPS) is 20.0. The lowest BCUT2D eigenvalue weighted by atomic mass is 10.1. The van der Waals surface area contributed by atoms with Crippen LogP contribution in [0.2, 0.25) is 0 Å². The van der Waals surface area contributed by atoms with Gasteiger partial charge < -0.3 is 20.2 Å². The van der Waals surface area contributed by atoms with Crippen molar-refractivity contribution in [3.8, 4) is 0 Å². The lowest BCUT2D eigenvalue weighted by molar-refractivity contribution is -0.141. The molecule has 134 valence electrons. The lowest BCUT2D eigenvalue weighted by Crippen LogP contribution is -2.35. The van der Waals surface area contributed by atoms with Gasteiger partial charge in [-0.15, -0.1) is 0 Å². The maximum absolute atomic E-state index is 12.8. The van der Waals surface area contributed by atoms with E-state index < -0.39 is 11.9 Å². The first-order valence-corrected chi connectivity index (χ1v) is 8.65. The molecule has 3 rings (SSSR count). The molecule has 2 heterocycles. The second kappa shape index (κ2) is 7.13. The Labute approximate surface area is 146 Å². The Balaban J connectivity index is 1.76. The number of aliphatic carboxylic acids is 1. The molecular weight excluding hydrogens is 322 g/mol. The van der Waals surface area contributed by atoms with E-state index in [2.05, 4.69) is 5.32 Å². The smallest absolute Gasteiger partial charge is 0.321 e. The summed E-state index contributed by atoms with van der Waals surface area (Å²) in [5, 5.41) is 11.9. The average molecular weight is 345 g/mol. The highest BCUT2D eigenvalue weighted by molar-refractivity contribution is 6.04. The number of carbonyl (C=O) groups excluding carboxylic acids is 2. The van der Waals surface area contributed by atoms with Crippen LogP contribution in [0.1, 0.15) is 35.2 Å². The van der Waals surface area contributed by atoms with Gasteiger partial charge in [0.25, 0.3) is 5.91 Å². The van der Waals surface area contributed by atoms with E-state index in [0.29, 0.717) is 24.2 Å². The van der Waals surface area contributed by atoms with Crippen LogP contribution in [-0.2, 0) is 4.79 Å². The third-order valence-electron chi connectivity index (χ3n) is 4.95. The third-order valence-corrected chi connectivity index (χ3v) is 4.95. The summed E-state index contributed by atoms with van der Waals surface area (Å²) in [5.41, 5.74) is 1.83. The summed E-state index contributed by atoms with van der Waals surface area (Å²) < 4.78 is 0. The number of amides is 3. The standard InChI is InChI=1S/C18H23N3O4/c1-12-5-4-6-14(15(12)16(22)20-8-2-3-9-20)19-18(25)21-10-7-13(11-21)17(23)24/h4-6,13H,2-3,7-11H2,1H3,(H,19,25)(H,23,24). The summed E-state index contributed by atoms with van der Waals surface area (Å²) in [7, 11) is 0. The van der Waals surface area contributed by atoms with E-state index in [1.165, 1.54) is 4.90 Å². The van der Waals surface area contributed by atoms with Gasteiger partial charge in [0.1, 0.15) is 0 Å². The maximum atomic E-state index is 12.8. The number of benzene rings is 1. The van der Waals surface area contributed by atoms with E-state index in [1.807, 2.05) is 17.9 Å². The Kier molecular flexibility index (Phi) is 4.92. The summed E-state index contributed by atoms with van der Waals surface area (Å²) in [6.07, 6.45) is 2.46. The van der Waals surface area contributed by atoms with Crippen LogP contribution in [0.25, 0.3) is 0 Å². The zero-order chi connectivity index (χ0) is 18.0. The molecule has 0 radical (unpaired) electrons. The molecule has 0 spiro atoms. The predicted octanol–water partition coefficient (Wildman–Crippen LogP) is 2.17. The maximum Gasteiger partial charge on any atom is 0.321 e. The van der Waals surface area contributed by atoms with Gasteiger partial charge in [-0.3, -0.25) is 9.59 Å². The minimum absolute atomic E-state index is 0.0595. The minimum Gasteiger partial charge on any atom is -0.481 e. The molecule has 0 saturated carbocycles. The summed E-state index contributed by atoms with van der Waals surface area (Å²) in [6, 6.07) is 5.02. The molecule has 0 bridgehead atoms. The number of carboxylic acids is 1. The number of likely N-dealkylation sites (tertiary alicyclic amines) is 2. The molecule has 1 unspecified atom stereocenters. The third kappa shape index (κ3) is 3.60. The van der Waals surface area contributed by atoms with Crippen LogP contribution in [0.4, 0.5) is 10.5 Å². The predicted molar refractivity (Wildman–Crippen MR) is 92.7 cm³/mol. The molecule has 25 heavy (non-hydrogen) atoms. The topological polar surface area (TPSA) is 90.0 Å². The number of aryl methyl sites for hydroxylation is 1. The molecule has 2 fully saturated rings. The second-order valence-corrected chi connectivity index (χ2v) is 6.70. The Morgan fingerprint density at radius 1 is 1.12 bits per heavy atom. The van der Waals surface area contributed by atoms with Gasteiger partial charge in [0, 0.05) is 26.2 Å². The molecule has 1 aromatic carbocycles. The first-order valence-electron chi connectivity index (χ1n) is 8.65. The average Bonchev–Trinajstić information content (AvgIpc) is 3.26. The highest BCUT2D eigenvalue weighted by Crippen LogP contribution is 2.25. The van der Waals surface area contributed by atoms with Crippen molar-refractivity contribution in [2.45, 2.75) is 26.2 Å². The molecule has 7 heteroatoms. The Bertz CT molecular complexity index is 698. The van der Waals surface area contributed by atoms with E-state index in [0.717, 1.165) is 31.5 Å². The van der Waals surface area contributed by atoms with Crippen molar-refractivity contribution in [1.29, 1.82) is 0 Å². The van der Waals surface area contributed by atoms with Crippen molar-refractivity contribution in [2.75, 3.05) is 31.5 Å². The molecule has 2 saturated heterocycles. The molecule has 2 aliphatic heterocycles. The summed E-state index contributed by atoms with van der Waals surface area (Å²) in [6.45, 7) is 3.95. The molecule has 3 amide bonds. The van der Waals surface area contributed by atoms with Crippen LogP contribution in [-0.4, -0.2) is 59.0 Å². The number of urea groups is 1. The monoisotopic (exact) mass is 345 g/mol. The van der Waals surface area contributed by atoms with Crippen molar-refractivity contribution in [2.24, 2.45) is 5.92 Å². The van der Waals surface area contributed by atoms with Gasteiger partial charge in [-0.05, 0) is 37.8 Å². The first kappa shape index (κ1) is 17.3. The fourth-order valence-corrected chi connectivity index (χ4v) is 3.47. The molecule has 2 N–H and O–H groups in total. The lowest BCUT2D eigenvalue weighted by Gasteiger charge is -2.22. The van der Waals surface area contributed by atoms with Crippen molar-refractivity contribution >= 4 is 23.6 Å². The van der Waals surface area contributed by atoms with Gasteiger partial charge in [-0.1, -0.05) is 12.1 Å². The Hall–Kier alpha value is -2.57. The quantitative estimate of drug-likeness (QED) is 0.878. The molecule has 0 aromatic heterocycles. The largest absolute Gasteiger partial charge is 0.481 e. The van der Waals surface area contributed by atoms with E-state index in [-0.39, 0.29) is 18.5 Å². The van der Waals surface area contributed by atoms with Gasteiger partial charge in [-0.25, -0.2) is 4.79 Å². The van der Waals surface area contributed by atoms with Crippen molar-refractivity contribution in [3.05, 3.63) is 29.3 Å². The fourth-order valence-electron chi connectivity index (χ4n) is 3.47. The van der Waals surface area contributed by atoms with Gasteiger partial charge in [0.05, 0.1) is 17.2 Å². The SMILES string of the molecule is Cc1cccc(NC(=O)N2CCC(C(=O)O)C2)c1C(=O)N1CCCC1. The van der Waals surface area contributed by atoms with Gasteiger partial charge in [0.2, 0.25) is 0 Å². The molecule has 0 aliphatic carbocycles. The van der Waals surface area contributed by atoms with Crippen LogP contribution in [0.5, 0.6) is 0 Å². The number of carbonyl (C=O) groups is 3. The van der Waals surface area contributed by atoms with Crippen LogP contribution in [0.15, 0.2) is 18.2 Å². The van der Waals surface area contributed by atoms with Gasteiger partial charge in [0.15, 0.2) is 0 Å². The summed E-state index contributed by atoms with van der Waals surface area (Å²) in [5.74, 6) is -1.46. The molecule has 2 aliphatic rings. The zero-order valence-corrected chi connectivity index (χ0v) is 14.3. The number of hydrogen-bond acceptors (Lipinski definition) is 3. The van der Waals surface area contributed by atoms with E-state index in [4.69, 9.17) is 5.11 Å². The summed E-state index contributed by atoms with van der Waals surface area (Å²) >= 11 is 0. The van der Waals surface area contributed by atoms with Crippen LogP contribution in [0.3, 0.4) is 0 Å². The molecule has 1 aromatic rings. The van der Waals surface area contributed by atoms with Crippen molar-refractivity contribution in [1.82, 2.24) is 9.80 Å². The number of hydrogen-bond donors (Lipinski definition) is 2. The molecular formula is C18H23N3O4. The summed E-state index contributed by atoms with van der Waals surface area (Å²) in [4.78, 5) is 39.7. The number of rotatable bonds is 3. The zero-order valence-electron chi connectivity index (χ0n) is 14.3. The van der Waals surface area contributed by atoms with Crippen LogP contribution < -0.4 is 5.32 Å². The number of nitrogens with one attached hydrogen (secondary N) is 1. The van der Waals surface area contributed by atoms with Gasteiger partial charge >= 0.3 is 12.0 Å². The van der Waals surface area contributed by atoms with E-state index in [1.54, 1.807) is 12.1 Å². The van der Waals surface area contributed by atoms with Crippen molar-refractivity contribution in [3.63, 3.8) is 0 Å². The Morgan fingerprint density at radius 3 is 2.48 bits per heavy atom. The number of carboxylic acid groups (broad SMARTS) is 1. The van der Waals surface area contributed by atoms with Crippen LogP contribution in [0, 0.1) is 12.8 Å². The van der Waals surface area contributed by atoms with E-state index >= 15 is 0 Å². The van der Waals surface area contributed by atoms with Crippen LogP contribution >= 0.6 is 0 Å². The Morgan fingerprint density at radius 2 is 1.84 bits per heavy atom. The number of nitrogens with zero attached hydrogens (tertiary/aromatic N) is 2. The molecule has 7 nitrogen and oxygen atoms in total. The van der Waals surface area contributed by atoms with Gasteiger partial charge in [-0.2, -0.15) is 0 Å². The first-order chi connectivity index (χ1) is 12.0. The molecule has 1 atom stereocenters. The second-order valence-electron chi connectivity index (χ2n) is 6.70. The fraction of sp³-hybridized carbons (Fsp3) is 0.500. The minimum atomic E-state index is -0.879.